The molecule has 1 aromatic rings. The van der Waals surface area contributed by atoms with Crippen LogP contribution >= 0.6 is 12.2 Å². The van der Waals surface area contributed by atoms with Crippen molar-refractivity contribution in [3.63, 3.8) is 0 Å². The van der Waals surface area contributed by atoms with Gasteiger partial charge in [-0.1, -0.05) is 24.4 Å². The molecule has 0 saturated heterocycles. The Bertz CT molecular complexity index is 507. The summed E-state index contributed by atoms with van der Waals surface area (Å²) in [5.41, 5.74) is 4.47. The van der Waals surface area contributed by atoms with E-state index in [1.165, 1.54) is 0 Å². The maximum absolute atomic E-state index is 8.87. The van der Waals surface area contributed by atoms with Crippen LogP contribution in [0.4, 0.5) is 0 Å². The van der Waals surface area contributed by atoms with Gasteiger partial charge in [-0.05, 0) is 30.9 Å². The van der Waals surface area contributed by atoms with Gasteiger partial charge in [0.05, 0.1) is 29.3 Å². The molecule has 0 aromatic carbocycles. The Kier molecular flexibility index (Phi) is 5.67. The smallest absolute Gasteiger partial charge is 0.0976 e. The van der Waals surface area contributed by atoms with E-state index in [1.54, 1.807) is 6.20 Å². The number of nitrogens with one attached hydrogen (secondary N) is 2. The average Bonchev–Trinajstić information content (AvgIpc) is 2.55. The lowest BCUT2D eigenvalue weighted by Gasteiger charge is -2.39. The number of nitrogens with zero attached hydrogens (tertiary/aromatic N) is 1. The summed E-state index contributed by atoms with van der Waals surface area (Å²) >= 11 is 5.60. The largest absolute Gasteiger partial charge is 0.394 e. The minimum Gasteiger partial charge on any atom is -0.394 e. The van der Waals surface area contributed by atoms with E-state index in [0.29, 0.717) is 0 Å². The van der Waals surface area contributed by atoms with Crippen molar-refractivity contribution < 1.29 is 9.94 Å². The van der Waals surface area contributed by atoms with Gasteiger partial charge in [0.2, 0.25) is 0 Å². The van der Waals surface area contributed by atoms with Crippen molar-refractivity contribution in [3.8, 4) is 0 Å². The third-order valence-corrected chi connectivity index (χ3v) is 4.26. The zero-order valence-corrected chi connectivity index (χ0v) is 12.9. The van der Waals surface area contributed by atoms with E-state index in [2.05, 4.69) is 21.9 Å². The van der Waals surface area contributed by atoms with Gasteiger partial charge in [-0.15, -0.1) is 0 Å². The second-order valence-electron chi connectivity index (χ2n) is 4.91. The number of allylic oxidation sites excluding steroid dienone is 1. The van der Waals surface area contributed by atoms with Gasteiger partial charge < -0.3 is 10.4 Å². The van der Waals surface area contributed by atoms with E-state index in [0.717, 1.165) is 35.5 Å². The van der Waals surface area contributed by atoms with Gasteiger partial charge in [-0.3, -0.25) is 15.3 Å². The first-order chi connectivity index (χ1) is 10.3. The molecular formula is C15H21N3O2S. The fourth-order valence-electron chi connectivity index (χ4n) is 2.72. The molecule has 1 heterocycles. The van der Waals surface area contributed by atoms with E-state index >= 15 is 0 Å². The maximum Gasteiger partial charge on any atom is 0.0976 e. The topological polar surface area (TPSA) is 66.4 Å². The lowest BCUT2D eigenvalue weighted by Crippen LogP contribution is -2.48. The number of aliphatic hydroxyl groups is 1. The molecular weight excluding hydrogens is 286 g/mol. The second-order valence-corrected chi connectivity index (χ2v) is 5.32. The predicted molar refractivity (Wildman–Crippen MR) is 85.7 cm³/mol. The Morgan fingerprint density at radius 1 is 1.57 bits per heavy atom. The van der Waals surface area contributed by atoms with Crippen LogP contribution in [0.3, 0.4) is 0 Å². The van der Waals surface area contributed by atoms with Crippen LogP contribution in [0.1, 0.15) is 24.8 Å². The Hall–Kier alpha value is -1.50. The van der Waals surface area contributed by atoms with E-state index in [1.807, 2.05) is 25.4 Å². The van der Waals surface area contributed by atoms with E-state index in [4.69, 9.17) is 22.2 Å². The molecule has 0 radical (unpaired) electrons. The molecule has 1 atom stereocenters. The molecule has 3 N–H and O–H groups in total. The molecule has 5 nitrogen and oxygen atoms in total. The van der Waals surface area contributed by atoms with Crippen LogP contribution in [-0.2, 0) is 10.3 Å². The van der Waals surface area contributed by atoms with Crippen molar-refractivity contribution in [2.45, 2.75) is 24.7 Å². The minimum absolute atomic E-state index is 0.0311. The molecule has 114 valence electrons. The Morgan fingerprint density at radius 2 is 2.43 bits per heavy atom. The standard InChI is InChI=1S/C15H21N3O2S/c1-16-14(21)15(12-5-4-8-17-11-12)7-3-2-6-13(15)18-20-10-9-19/h4-6,8,11,18-19H,2-3,7,9-10H2,1H3,(H,16,21). The third-order valence-electron chi connectivity index (χ3n) is 3.71. The number of hydroxylamine groups is 1. The second kappa shape index (κ2) is 7.49. The summed E-state index contributed by atoms with van der Waals surface area (Å²) in [6.07, 6.45) is 8.61. The van der Waals surface area contributed by atoms with E-state index < -0.39 is 5.41 Å². The zero-order valence-electron chi connectivity index (χ0n) is 12.1. The van der Waals surface area contributed by atoms with Crippen molar-refractivity contribution >= 4 is 17.2 Å². The summed E-state index contributed by atoms with van der Waals surface area (Å²) in [5.74, 6) is 0. The van der Waals surface area contributed by atoms with Crippen LogP contribution in [0.25, 0.3) is 0 Å². The van der Waals surface area contributed by atoms with Crippen LogP contribution < -0.4 is 10.8 Å². The molecule has 0 bridgehead atoms. The normalized spacial score (nSPS) is 21.5. The summed E-state index contributed by atoms with van der Waals surface area (Å²) in [7, 11) is 1.83. The molecule has 1 unspecified atom stereocenters. The van der Waals surface area contributed by atoms with Gasteiger partial charge in [-0.2, -0.15) is 0 Å². The Morgan fingerprint density at radius 3 is 3.10 bits per heavy atom. The molecule has 2 rings (SSSR count). The van der Waals surface area contributed by atoms with E-state index in [-0.39, 0.29) is 13.2 Å². The first-order valence-corrected chi connectivity index (χ1v) is 7.48. The average molecular weight is 307 g/mol. The SMILES string of the molecule is CNC(=S)C1(c2cccnc2)CCCC=C1NOCCO. The molecule has 0 fully saturated rings. The van der Waals surface area contributed by atoms with Gasteiger partial charge in [0.25, 0.3) is 0 Å². The molecule has 0 spiro atoms. The molecule has 0 saturated carbocycles. The molecule has 21 heavy (non-hydrogen) atoms. The molecule has 1 aliphatic carbocycles. The highest BCUT2D eigenvalue weighted by molar-refractivity contribution is 7.80. The van der Waals surface area contributed by atoms with E-state index in [9.17, 15) is 0 Å². The summed E-state index contributed by atoms with van der Waals surface area (Å²) < 4.78 is 0. The number of pyridine rings is 1. The van der Waals surface area contributed by atoms with Gasteiger partial charge in [0.15, 0.2) is 0 Å². The summed E-state index contributed by atoms with van der Waals surface area (Å²) in [6.45, 7) is 0.198. The van der Waals surface area contributed by atoms with Crippen molar-refractivity contribution in [2.24, 2.45) is 0 Å². The number of aliphatic hydroxyl groups excluding tert-OH is 1. The van der Waals surface area contributed by atoms with Crippen LogP contribution in [-0.4, -0.2) is 35.3 Å². The van der Waals surface area contributed by atoms with Crippen molar-refractivity contribution in [1.29, 1.82) is 0 Å². The highest BCUT2D eigenvalue weighted by Gasteiger charge is 2.42. The van der Waals surface area contributed by atoms with Crippen molar-refractivity contribution in [3.05, 3.63) is 41.9 Å². The minimum atomic E-state index is -0.452. The Labute approximate surface area is 130 Å². The summed E-state index contributed by atoms with van der Waals surface area (Å²) in [6, 6.07) is 3.94. The Balaban J connectivity index is 2.39. The number of rotatable bonds is 6. The number of likely N-dealkylation sites (N-methyl/N-ethyl adjacent to an activating group) is 1. The van der Waals surface area contributed by atoms with Crippen molar-refractivity contribution in [1.82, 2.24) is 15.8 Å². The zero-order chi connectivity index (χ0) is 15.1. The van der Waals surface area contributed by atoms with Crippen LogP contribution in [0.2, 0.25) is 0 Å². The number of aromatic nitrogens is 1. The number of thiocarbonyl (C=S) groups is 1. The monoisotopic (exact) mass is 307 g/mol. The maximum atomic E-state index is 8.87. The summed E-state index contributed by atoms with van der Waals surface area (Å²) in [5, 5.41) is 12.0. The first kappa shape index (κ1) is 15.9. The first-order valence-electron chi connectivity index (χ1n) is 7.07. The van der Waals surface area contributed by atoms with Crippen LogP contribution in [0.15, 0.2) is 36.3 Å². The molecule has 0 aliphatic heterocycles. The molecule has 1 aliphatic rings. The fraction of sp³-hybridized carbons (Fsp3) is 0.467. The summed E-state index contributed by atoms with van der Waals surface area (Å²) in [4.78, 5) is 10.3. The van der Waals surface area contributed by atoms with Gasteiger partial charge in [0, 0.05) is 19.4 Å². The van der Waals surface area contributed by atoms with Gasteiger partial charge >= 0.3 is 0 Å². The lowest BCUT2D eigenvalue weighted by atomic mass is 9.71. The van der Waals surface area contributed by atoms with Gasteiger partial charge in [0.1, 0.15) is 0 Å². The number of hydrogen-bond acceptors (Lipinski definition) is 5. The highest BCUT2D eigenvalue weighted by Crippen LogP contribution is 2.40. The highest BCUT2D eigenvalue weighted by atomic mass is 32.1. The third kappa shape index (κ3) is 3.23. The fourth-order valence-corrected chi connectivity index (χ4v) is 3.05. The van der Waals surface area contributed by atoms with Gasteiger partial charge in [-0.25, -0.2) is 0 Å². The number of hydrogen-bond donors (Lipinski definition) is 3. The van der Waals surface area contributed by atoms with Crippen LogP contribution in [0, 0.1) is 0 Å². The van der Waals surface area contributed by atoms with Crippen molar-refractivity contribution in [2.75, 3.05) is 20.3 Å². The molecule has 0 amide bonds. The molecule has 1 aromatic heterocycles. The predicted octanol–water partition coefficient (Wildman–Crippen LogP) is 1.45. The molecule has 6 heteroatoms. The quantitative estimate of drug-likeness (QED) is 0.420. The lowest BCUT2D eigenvalue weighted by molar-refractivity contribution is 0.0288. The van der Waals surface area contributed by atoms with Crippen LogP contribution in [0.5, 0.6) is 0 Å².